The molecule has 2 unspecified atom stereocenters. The van der Waals surface area contributed by atoms with E-state index in [1.807, 2.05) is 0 Å². The summed E-state index contributed by atoms with van der Waals surface area (Å²) in [6.07, 6.45) is -0.676. The molecule has 16 heavy (non-hydrogen) atoms. The highest BCUT2D eigenvalue weighted by molar-refractivity contribution is 5.94. The molecule has 0 bridgehead atoms. The van der Waals surface area contributed by atoms with Crippen LogP contribution in [0.25, 0.3) is 0 Å². The van der Waals surface area contributed by atoms with Crippen LogP contribution in [0.5, 0.6) is 5.75 Å². The van der Waals surface area contributed by atoms with E-state index in [0.717, 1.165) is 0 Å². The van der Waals surface area contributed by atoms with Crippen molar-refractivity contribution in [1.82, 2.24) is 5.32 Å². The molecule has 1 aromatic rings. The third-order valence-electron chi connectivity index (χ3n) is 2.23. The van der Waals surface area contributed by atoms with E-state index in [4.69, 9.17) is 10.8 Å². The Bertz CT molecular complexity index is 366. The minimum absolute atomic E-state index is 0.0347. The molecule has 0 saturated heterocycles. The fourth-order valence-electron chi connectivity index (χ4n) is 1.13. The Balaban J connectivity index is 2.53. The van der Waals surface area contributed by atoms with E-state index in [2.05, 4.69) is 5.32 Å². The number of amides is 1. The number of nitrogens with two attached hydrogens (primary N) is 1. The second-order valence-electron chi connectivity index (χ2n) is 3.66. The third-order valence-corrected chi connectivity index (χ3v) is 2.23. The molecule has 0 aromatic heterocycles. The number of rotatable bonds is 4. The second-order valence-corrected chi connectivity index (χ2v) is 3.66. The molecule has 2 atom stereocenters. The van der Waals surface area contributed by atoms with Crippen molar-refractivity contribution in [3.05, 3.63) is 29.8 Å². The normalized spacial score (nSPS) is 14.2. The van der Waals surface area contributed by atoms with Gasteiger partial charge in [0.25, 0.3) is 5.91 Å². The summed E-state index contributed by atoms with van der Waals surface area (Å²) < 4.78 is 0. The molecule has 0 aliphatic heterocycles. The number of carbonyl (C=O) groups is 1. The molecule has 5 N–H and O–H groups in total. The van der Waals surface area contributed by atoms with Crippen LogP contribution >= 0.6 is 0 Å². The summed E-state index contributed by atoms with van der Waals surface area (Å²) in [7, 11) is 0. The van der Waals surface area contributed by atoms with Crippen molar-refractivity contribution in [3.8, 4) is 5.75 Å². The summed E-state index contributed by atoms with van der Waals surface area (Å²) in [5, 5.41) is 20.9. The first kappa shape index (κ1) is 12.5. The summed E-state index contributed by atoms with van der Waals surface area (Å²) in [6.45, 7) is 1.75. The van der Waals surface area contributed by atoms with Gasteiger partial charge in [-0.15, -0.1) is 0 Å². The zero-order chi connectivity index (χ0) is 12.1. The van der Waals surface area contributed by atoms with Crippen LogP contribution in [0.4, 0.5) is 0 Å². The Kier molecular flexibility index (Phi) is 4.28. The van der Waals surface area contributed by atoms with Gasteiger partial charge in [-0.25, -0.2) is 0 Å². The molecule has 0 aliphatic rings. The first-order chi connectivity index (χ1) is 7.50. The minimum Gasteiger partial charge on any atom is -0.508 e. The van der Waals surface area contributed by atoms with Gasteiger partial charge in [-0.3, -0.25) is 4.79 Å². The van der Waals surface area contributed by atoms with Gasteiger partial charge >= 0.3 is 0 Å². The molecule has 0 saturated carbocycles. The summed E-state index contributed by atoms with van der Waals surface area (Å²) >= 11 is 0. The number of phenolic OH excluding ortho intramolecular Hbond substituents is 1. The third kappa shape index (κ3) is 3.52. The SMILES string of the molecule is CC(O)C(N)CNC(=O)c1cccc(O)c1. The van der Waals surface area contributed by atoms with Crippen molar-refractivity contribution < 1.29 is 15.0 Å². The molecule has 1 amide bonds. The molecule has 0 heterocycles. The van der Waals surface area contributed by atoms with Gasteiger partial charge in [0.2, 0.25) is 0 Å². The fourth-order valence-corrected chi connectivity index (χ4v) is 1.13. The average Bonchev–Trinajstić information content (AvgIpc) is 2.25. The van der Waals surface area contributed by atoms with Gasteiger partial charge in [0.05, 0.1) is 6.10 Å². The summed E-state index contributed by atoms with van der Waals surface area (Å²) in [5.41, 5.74) is 5.92. The molecule has 5 nitrogen and oxygen atoms in total. The number of nitrogens with one attached hydrogen (secondary N) is 1. The van der Waals surface area contributed by atoms with E-state index in [9.17, 15) is 9.90 Å². The maximum absolute atomic E-state index is 11.6. The molecule has 0 aliphatic carbocycles. The van der Waals surface area contributed by atoms with Crippen LogP contribution < -0.4 is 11.1 Å². The van der Waals surface area contributed by atoms with E-state index < -0.39 is 12.1 Å². The predicted molar refractivity (Wildman–Crippen MR) is 60.1 cm³/mol. The molecule has 0 radical (unpaired) electrons. The number of phenols is 1. The largest absolute Gasteiger partial charge is 0.508 e. The van der Waals surface area contributed by atoms with Crippen LogP contribution in [-0.2, 0) is 0 Å². The first-order valence-electron chi connectivity index (χ1n) is 5.01. The molecule has 88 valence electrons. The number of hydrogen-bond acceptors (Lipinski definition) is 4. The Morgan fingerprint density at radius 1 is 1.56 bits per heavy atom. The zero-order valence-electron chi connectivity index (χ0n) is 9.05. The predicted octanol–water partition coefficient (Wildman–Crippen LogP) is -0.170. The highest BCUT2D eigenvalue weighted by Crippen LogP contribution is 2.10. The fraction of sp³-hybridized carbons (Fsp3) is 0.364. The standard InChI is InChI=1S/C11H16N2O3/c1-7(14)10(12)6-13-11(16)8-3-2-4-9(15)5-8/h2-5,7,10,14-15H,6,12H2,1H3,(H,13,16). The number of hydrogen-bond donors (Lipinski definition) is 4. The van der Waals surface area contributed by atoms with Crippen LogP contribution in [0.15, 0.2) is 24.3 Å². The van der Waals surface area contributed by atoms with Gasteiger partial charge in [-0.05, 0) is 25.1 Å². The van der Waals surface area contributed by atoms with Crippen LogP contribution in [0.1, 0.15) is 17.3 Å². The van der Waals surface area contributed by atoms with Crippen molar-refractivity contribution in [2.45, 2.75) is 19.1 Å². The van der Waals surface area contributed by atoms with Crippen LogP contribution in [-0.4, -0.2) is 34.8 Å². The quantitative estimate of drug-likeness (QED) is 0.571. The lowest BCUT2D eigenvalue weighted by Crippen LogP contribution is -2.43. The van der Waals surface area contributed by atoms with Gasteiger partial charge in [0.1, 0.15) is 5.75 Å². The maximum Gasteiger partial charge on any atom is 0.251 e. The molecule has 1 aromatic carbocycles. The Morgan fingerprint density at radius 2 is 2.25 bits per heavy atom. The lowest BCUT2D eigenvalue weighted by molar-refractivity contribution is 0.0937. The summed E-state index contributed by atoms with van der Waals surface area (Å²) in [6, 6.07) is 5.52. The molecule has 0 spiro atoms. The van der Waals surface area contributed by atoms with Crippen molar-refractivity contribution in [1.29, 1.82) is 0 Å². The van der Waals surface area contributed by atoms with Gasteiger partial charge in [-0.2, -0.15) is 0 Å². The Hall–Kier alpha value is -1.59. The molecule has 5 heteroatoms. The summed E-state index contributed by atoms with van der Waals surface area (Å²) in [4.78, 5) is 11.6. The van der Waals surface area contributed by atoms with Gasteiger partial charge in [0.15, 0.2) is 0 Å². The highest BCUT2D eigenvalue weighted by atomic mass is 16.3. The van der Waals surface area contributed by atoms with E-state index >= 15 is 0 Å². The van der Waals surface area contributed by atoms with Crippen molar-refractivity contribution >= 4 is 5.91 Å². The van der Waals surface area contributed by atoms with Crippen LogP contribution in [0, 0.1) is 0 Å². The molecule has 1 rings (SSSR count). The lowest BCUT2D eigenvalue weighted by Gasteiger charge is -2.15. The first-order valence-corrected chi connectivity index (χ1v) is 5.01. The van der Waals surface area contributed by atoms with Crippen LogP contribution in [0.3, 0.4) is 0 Å². The van der Waals surface area contributed by atoms with E-state index in [-0.39, 0.29) is 18.2 Å². The topological polar surface area (TPSA) is 95.6 Å². The Morgan fingerprint density at radius 3 is 2.81 bits per heavy atom. The van der Waals surface area contributed by atoms with Crippen LogP contribution in [0.2, 0.25) is 0 Å². The number of benzene rings is 1. The highest BCUT2D eigenvalue weighted by Gasteiger charge is 2.11. The monoisotopic (exact) mass is 224 g/mol. The zero-order valence-corrected chi connectivity index (χ0v) is 9.05. The Labute approximate surface area is 93.9 Å². The minimum atomic E-state index is -0.676. The summed E-state index contributed by atoms with van der Waals surface area (Å²) in [5.74, 6) is -0.292. The maximum atomic E-state index is 11.6. The number of aliphatic hydroxyl groups is 1. The van der Waals surface area contributed by atoms with Gasteiger partial charge < -0.3 is 21.3 Å². The van der Waals surface area contributed by atoms with E-state index in [0.29, 0.717) is 5.56 Å². The molecular weight excluding hydrogens is 208 g/mol. The number of aromatic hydroxyl groups is 1. The number of carbonyl (C=O) groups excluding carboxylic acids is 1. The van der Waals surface area contributed by atoms with E-state index in [1.165, 1.54) is 12.1 Å². The lowest BCUT2D eigenvalue weighted by atomic mass is 10.1. The molecular formula is C11H16N2O3. The van der Waals surface area contributed by atoms with E-state index in [1.54, 1.807) is 19.1 Å². The van der Waals surface area contributed by atoms with Crippen molar-refractivity contribution in [2.24, 2.45) is 5.73 Å². The van der Waals surface area contributed by atoms with Crippen molar-refractivity contribution in [3.63, 3.8) is 0 Å². The van der Waals surface area contributed by atoms with Gasteiger partial charge in [-0.1, -0.05) is 6.07 Å². The average molecular weight is 224 g/mol. The second kappa shape index (κ2) is 5.48. The molecule has 0 fully saturated rings. The van der Waals surface area contributed by atoms with Gasteiger partial charge in [0, 0.05) is 18.2 Å². The number of aliphatic hydroxyl groups excluding tert-OH is 1. The smallest absolute Gasteiger partial charge is 0.251 e. The van der Waals surface area contributed by atoms with Crippen molar-refractivity contribution in [2.75, 3.05) is 6.54 Å².